The number of rotatable bonds is 5. The molecule has 1 aromatic carbocycles. The van der Waals surface area contributed by atoms with Crippen LogP contribution in [0.2, 0.25) is 0 Å². The first-order valence-electron chi connectivity index (χ1n) is 6.31. The summed E-state index contributed by atoms with van der Waals surface area (Å²) < 4.78 is 6.85. The van der Waals surface area contributed by atoms with Crippen LogP contribution in [0.15, 0.2) is 24.3 Å². The molecule has 0 saturated carbocycles. The second-order valence-corrected chi connectivity index (χ2v) is 5.32. The summed E-state index contributed by atoms with van der Waals surface area (Å²) in [7, 11) is 1.67. The SMILES string of the molecule is COCCc1nnc2sc(-c3cccc(CN)c3)nn12. The monoisotopic (exact) mass is 289 g/mol. The fourth-order valence-corrected chi connectivity index (χ4v) is 2.81. The van der Waals surface area contributed by atoms with Crippen molar-refractivity contribution in [3.63, 3.8) is 0 Å². The molecule has 0 aliphatic heterocycles. The molecule has 0 radical (unpaired) electrons. The maximum atomic E-state index is 5.67. The van der Waals surface area contributed by atoms with E-state index in [0.29, 0.717) is 19.6 Å². The van der Waals surface area contributed by atoms with Gasteiger partial charge in [-0.2, -0.15) is 9.61 Å². The Morgan fingerprint density at radius 1 is 1.35 bits per heavy atom. The number of ether oxygens (including phenoxy) is 1. The van der Waals surface area contributed by atoms with Crippen LogP contribution in [0.1, 0.15) is 11.4 Å². The molecule has 0 atom stereocenters. The molecule has 0 fully saturated rings. The Kier molecular flexibility index (Phi) is 3.72. The summed E-state index contributed by atoms with van der Waals surface area (Å²) in [5.41, 5.74) is 7.82. The molecule has 0 unspecified atom stereocenters. The van der Waals surface area contributed by atoms with Gasteiger partial charge in [0.15, 0.2) is 5.82 Å². The zero-order chi connectivity index (χ0) is 13.9. The van der Waals surface area contributed by atoms with Gasteiger partial charge in [-0.25, -0.2) is 0 Å². The third-order valence-electron chi connectivity index (χ3n) is 2.99. The Morgan fingerprint density at radius 2 is 2.25 bits per heavy atom. The van der Waals surface area contributed by atoms with Crippen molar-refractivity contribution in [3.05, 3.63) is 35.7 Å². The van der Waals surface area contributed by atoms with E-state index in [-0.39, 0.29) is 0 Å². The van der Waals surface area contributed by atoms with Crippen LogP contribution in [0.3, 0.4) is 0 Å². The van der Waals surface area contributed by atoms with Crippen molar-refractivity contribution in [1.29, 1.82) is 0 Å². The van der Waals surface area contributed by atoms with Crippen LogP contribution < -0.4 is 5.73 Å². The lowest BCUT2D eigenvalue weighted by Crippen LogP contribution is -2.01. The van der Waals surface area contributed by atoms with Crippen LogP contribution in [0.25, 0.3) is 15.5 Å². The highest BCUT2D eigenvalue weighted by atomic mass is 32.1. The van der Waals surface area contributed by atoms with Gasteiger partial charge in [-0.3, -0.25) is 0 Å². The minimum atomic E-state index is 0.525. The molecule has 6 nitrogen and oxygen atoms in total. The molecular formula is C13H15N5OS. The molecule has 3 rings (SSSR count). The lowest BCUT2D eigenvalue weighted by Gasteiger charge is -1.99. The van der Waals surface area contributed by atoms with Gasteiger partial charge in [0.05, 0.1) is 6.61 Å². The van der Waals surface area contributed by atoms with Crippen molar-refractivity contribution in [3.8, 4) is 10.6 Å². The Balaban J connectivity index is 1.97. The van der Waals surface area contributed by atoms with Crippen LogP contribution in [0.4, 0.5) is 0 Å². The number of benzene rings is 1. The predicted octanol–water partition coefficient (Wildman–Crippen LogP) is 1.50. The number of methoxy groups -OCH3 is 1. The molecule has 0 aliphatic carbocycles. The predicted molar refractivity (Wildman–Crippen MR) is 77.6 cm³/mol. The Hall–Kier alpha value is -1.83. The van der Waals surface area contributed by atoms with E-state index in [1.807, 2.05) is 18.2 Å². The number of nitrogens with zero attached hydrogens (tertiary/aromatic N) is 4. The average molecular weight is 289 g/mol. The van der Waals surface area contributed by atoms with Crippen LogP contribution in [0, 0.1) is 0 Å². The van der Waals surface area contributed by atoms with Crippen molar-refractivity contribution in [2.75, 3.05) is 13.7 Å². The summed E-state index contributed by atoms with van der Waals surface area (Å²) in [6.07, 6.45) is 0.698. The lowest BCUT2D eigenvalue weighted by molar-refractivity contribution is 0.200. The highest BCUT2D eigenvalue weighted by Gasteiger charge is 2.12. The summed E-state index contributed by atoms with van der Waals surface area (Å²) >= 11 is 1.52. The van der Waals surface area contributed by atoms with Gasteiger partial charge in [-0.05, 0) is 11.6 Å². The minimum absolute atomic E-state index is 0.525. The van der Waals surface area contributed by atoms with Gasteiger partial charge in [0.25, 0.3) is 0 Å². The van der Waals surface area contributed by atoms with E-state index in [2.05, 4.69) is 21.4 Å². The topological polar surface area (TPSA) is 78.3 Å². The quantitative estimate of drug-likeness (QED) is 0.770. The first-order chi connectivity index (χ1) is 9.81. The fraction of sp³-hybridized carbons (Fsp3) is 0.308. The maximum Gasteiger partial charge on any atom is 0.234 e. The number of fused-ring (bicyclic) bond motifs is 1. The first-order valence-corrected chi connectivity index (χ1v) is 7.13. The molecule has 2 heterocycles. The highest BCUT2D eigenvalue weighted by Crippen LogP contribution is 2.26. The standard InChI is InChI=1S/C13H15N5OS/c1-19-6-5-11-15-16-13-18(11)17-12(20-13)10-4-2-3-9(7-10)8-14/h2-4,7H,5-6,8,14H2,1H3. The molecule has 0 spiro atoms. The van der Waals surface area contributed by atoms with E-state index < -0.39 is 0 Å². The second-order valence-electron chi connectivity index (χ2n) is 4.37. The summed E-state index contributed by atoms with van der Waals surface area (Å²) in [5, 5.41) is 13.8. The molecule has 20 heavy (non-hydrogen) atoms. The Bertz CT molecular complexity index is 720. The summed E-state index contributed by atoms with van der Waals surface area (Å²) in [5.74, 6) is 0.819. The van der Waals surface area contributed by atoms with Gasteiger partial charge in [0.2, 0.25) is 4.96 Å². The minimum Gasteiger partial charge on any atom is -0.384 e. The van der Waals surface area contributed by atoms with Crippen molar-refractivity contribution in [2.24, 2.45) is 5.73 Å². The van der Waals surface area contributed by atoms with E-state index in [1.165, 1.54) is 11.3 Å². The second kappa shape index (κ2) is 5.66. The summed E-state index contributed by atoms with van der Waals surface area (Å²) in [6, 6.07) is 8.08. The normalized spacial score (nSPS) is 11.3. The third kappa shape index (κ3) is 2.43. The average Bonchev–Trinajstić information content (AvgIpc) is 3.06. The van der Waals surface area contributed by atoms with Gasteiger partial charge in [0, 0.05) is 25.6 Å². The van der Waals surface area contributed by atoms with Gasteiger partial charge >= 0.3 is 0 Å². The number of hydrogen-bond acceptors (Lipinski definition) is 6. The molecule has 0 saturated heterocycles. The van der Waals surface area contributed by atoms with Crippen LogP contribution in [0.5, 0.6) is 0 Å². The van der Waals surface area contributed by atoms with E-state index in [1.54, 1.807) is 11.6 Å². The van der Waals surface area contributed by atoms with E-state index in [4.69, 9.17) is 10.5 Å². The number of nitrogens with two attached hydrogens (primary N) is 1. The molecule has 2 aromatic heterocycles. The van der Waals surface area contributed by atoms with Gasteiger partial charge in [-0.15, -0.1) is 10.2 Å². The molecule has 0 aliphatic rings. The van der Waals surface area contributed by atoms with Gasteiger partial charge < -0.3 is 10.5 Å². The maximum absolute atomic E-state index is 5.67. The number of aromatic nitrogens is 4. The molecule has 0 bridgehead atoms. The van der Waals surface area contributed by atoms with E-state index in [9.17, 15) is 0 Å². The van der Waals surface area contributed by atoms with Crippen molar-refractivity contribution in [1.82, 2.24) is 19.8 Å². The first kappa shape index (κ1) is 13.2. The van der Waals surface area contributed by atoms with E-state index >= 15 is 0 Å². The molecular weight excluding hydrogens is 274 g/mol. The number of hydrogen-bond donors (Lipinski definition) is 1. The summed E-state index contributed by atoms with van der Waals surface area (Å²) in [4.78, 5) is 0.796. The zero-order valence-electron chi connectivity index (χ0n) is 11.1. The van der Waals surface area contributed by atoms with E-state index in [0.717, 1.165) is 26.9 Å². The largest absolute Gasteiger partial charge is 0.384 e. The Labute approximate surface area is 120 Å². The zero-order valence-corrected chi connectivity index (χ0v) is 11.9. The van der Waals surface area contributed by atoms with Crippen LogP contribution in [-0.2, 0) is 17.7 Å². The molecule has 3 aromatic rings. The van der Waals surface area contributed by atoms with Crippen molar-refractivity contribution in [2.45, 2.75) is 13.0 Å². The van der Waals surface area contributed by atoms with Crippen LogP contribution in [-0.4, -0.2) is 33.5 Å². The smallest absolute Gasteiger partial charge is 0.234 e. The molecule has 7 heteroatoms. The molecule has 104 valence electrons. The molecule has 2 N–H and O–H groups in total. The van der Waals surface area contributed by atoms with Crippen molar-refractivity contribution < 1.29 is 4.74 Å². The van der Waals surface area contributed by atoms with Crippen LogP contribution >= 0.6 is 11.3 Å². The lowest BCUT2D eigenvalue weighted by atomic mass is 10.1. The summed E-state index contributed by atoms with van der Waals surface area (Å²) in [6.45, 7) is 1.13. The Morgan fingerprint density at radius 3 is 3.05 bits per heavy atom. The highest BCUT2D eigenvalue weighted by molar-refractivity contribution is 7.19. The molecule has 0 amide bonds. The van der Waals surface area contributed by atoms with Gasteiger partial charge in [-0.1, -0.05) is 29.5 Å². The third-order valence-corrected chi connectivity index (χ3v) is 3.94. The van der Waals surface area contributed by atoms with Gasteiger partial charge in [0.1, 0.15) is 5.01 Å². The van der Waals surface area contributed by atoms with Crippen molar-refractivity contribution >= 4 is 16.3 Å². The fourth-order valence-electron chi connectivity index (χ4n) is 1.95.